The molecule has 4 N–H and O–H groups in total. The molecule has 4 saturated carbocycles. The van der Waals surface area contributed by atoms with Gasteiger partial charge in [0.1, 0.15) is 18.0 Å². The molecular formula is C25H40O7. The highest BCUT2D eigenvalue weighted by atomic mass is 16.5. The van der Waals surface area contributed by atoms with E-state index in [1.807, 2.05) is 6.92 Å². The first-order chi connectivity index (χ1) is 15.1. The Morgan fingerprint density at radius 1 is 1.06 bits per heavy atom. The molecule has 0 spiro atoms. The lowest BCUT2D eigenvalue weighted by Crippen LogP contribution is -2.62. The van der Waals surface area contributed by atoms with Gasteiger partial charge in [-0.2, -0.15) is 0 Å². The van der Waals surface area contributed by atoms with E-state index in [0.29, 0.717) is 18.9 Å². The first-order valence-electron chi connectivity index (χ1n) is 12.4. The van der Waals surface area contributed by atoms with Gasteiger partial charge in [0.25, 0.3) is 0 Å². The molecule has 182 valence electrons. The van der Waals surface area contributed by atoms with Crippen molar-refractivity contribution in [1.29, 1.82) is 0 Å². The average molecular weight is 453 g/mol. The molecule has 7 heteroatoms. The molecule has 4 aliphatic carbocycles. The molecule has 0 aromatic heterocycles. The van der Waals surface area contributed by atoms with Crippen molar-refractivity contribution in [3.63, 3.8) is 0 Å². The van der Waals surface area contributed by atoms with Crippen LogP contribution in [-0.2, 0) is 14.3 Å². The van der Waals surface area contributed by atoms with E-state index in [4.69, 9.17) is 9.84 Å². The number of rotatable bonds is 2. The molecule has 9 atom stereocenters. The third-order valence-corrected chi connectivity index (χ3v) is 9.99. The lowest BCUT2D eigenvalue weighted by Gasteiger charge is -2.60. The molecular weight excluding hydrogens is 412 g/mol. The molecule has 5 fully saturated rings. The summed E-state index contributed by atoms with van der Waals surface area (Å²) in [5.41, 5.74) is -2.40. The van der Waals surface area contributed by atoms with Crippen molar-refractivity contribution in [3.05, 3.63) is 0 Å². The summed E-state index contributed by atoms with van der Waals surface area (Å²) in [5, 5.41) is 39.2. The van der Waals surface area contributed by atoms with E-state index in [1.165, 1.54) is 0 Å². The number of fused-ring (bicyclic) bond motifs is 5. The fraction of sp³-hybridized carbons (Fsp3) is 0.920. The predicted molar refractivity (Wildman–Crippen MR) is 117 cm³/mol. The lowest BCUT2D eigenvalue weighted by molar-refractivity contribution is -0.180. The highest BCUT2D eigenvalue weighted by Crippen LogP contribution is 2.67. The summed E-state index contributed by atoms with van der Waals surface area (Å²) in [6, 6.07) is 0. The Hall–Kier alpha value is -0.860. The van der Waals surface area contributed by atoms with Crippen molar-refractivity contribution in [2.45, 2.75) is 89.4 Å². The van der Waals surface area contributed by atoms with E-state index in [2.05, 4.69) is 6.92 Å². The molecule has 7 nitrogen and oxygen atoms in total. The second-order valence-corrected chi connectivity index (χ2v) is 11.5. The van der Waals surface area contributed by atoms with E-state index in [9.17, 15) is 24.9 Å². The van der Waals surface area contributed by atoms with E-state index in [0.717, 1.165) is 51.6 Å². The minimum absolute atomic E-state index is 0.0154. The maximum Gasteiger partial charge on any atom is 0.190 e. The third-order valence-electron chi connectivity index (χ3n) is 9.99. The van der Waals surface area contributed by atoms with Gasteiger partial charge in [-0.05, 0) is 74.5 Å². The van der Waals surface area contributed by atoms with Crippen molar-refractivity contribution in [2.75, 3.05) is 19.8 Å². The van der Waals surface area contributed by atoms with E-state index in [-0.39, 0.29) is 47.6 Å². The van der Waals surface area contributed by atoms with Crippen LogP contribution in [0.2, 0.25) is 0 Å². The molecule has 0 amide bonds. The topological polar surface area (TPSA) is 124 Å². The van der Waals surface area contributed by atoms with Gasteiger partial charge in [-0.25, -0.2) is 0 Å². The molecule has 5 rings (SSSR count). The SMILES string of the molecule is C[C@]12CC[C@@H](O)C[C@H]1CC[C@@H]1[C@@H]2C(=O)C[C@@]2(C)[C@H]1CC[C@]2(O)C(=O)CO.OC1CCOC1. The summed E-state index contributed by atoms with van der Waals surface area (Å²) >= 11 is 0. The number of aliphatic hydroxyl groups excluding tert-OH is 3. The molecule has 1 aliphatic heterocycles. The van der Waals surface area contributed by atoms with Crippen LogP contribution >= 0.6 is 0 Å². The standard InChI is InChI=1S/C21H32O5.C4H8O2/c1-19-7-5-13(23)9-12(19)3-4-14-15-6-8-21(26,17(25)11-22)20(15,2)10-16(24)18(14)19;5-4-1-2-6-3-4/h12-15,18,22-23,26H,3-11H2,1-2H3;4-5H,1-3H2/t12-,13-,14+,15+,18-,19+,20+,21+;/m1./s1. The van der Waals surface area contributed by atoms with E-state index >= 15 is 0 Å². The number of carbonyl (C=O) groups excluding carboxylic acids is 2. The van der Waals surface area contributed by atoms with Gasteiger partial charge < -0.3 is 25.2 Å². The Kier molecular flexibility index (Phi) is 6.62. The fourth-order valence-electron chi connectivity index (χ4n) is 8.17. The van der Waals surface area contributed by atoms with Crippen LogP contribution in [0.1, 0.15) is 71.6 Å². The Labute approximate surface area is 190 Å². The second-order valence-electron chi connectivity index (χ2n) is 11.5. The normalized spacial score (nSPS) is 50.0. The summed E-state index contributed by atoms with van der Waals surface area (Å²) in [5.74, 6) is 0.380. The Morgan fingerprint density at radius 3 is 2.41 bits per heavy atom. The minimum atomic E-state index is -1.58. The van der Waals surface area contributed by atoms with Gasteiger partial charge in [0.15, 0.2) is 5.78 Å². The molecule has 0 aromatic carbocycles. The monoisotopic (exact) mass is 452 g/mol. The first kappa shape index (κ1) is 24.3. The second kappa shape index (κ2) is 8.73. The van der Waals surface area contributed by atoms with Crippen LogP contribution in [0.3, 0.4) is 0 Å². The largest absolute Gasteiger partial charge is 0.393 e. The van der Waals surface area contributed by atoms with Gasteiger partial charge in [0, 0.05) is 24.4 Å². The molecule has 0 radical (unpaired) electrons. The Bertz CT molecular complexity index is 734. The van der Waals surface area contributed by atoms with Gasteiger partial charge in [-0.3, -0.25) is 9.59 Å². The number of ether oxygens (including phenoxy) is 1. The Morgan fingerprint density at radius 2 is 1.81 bits per heavy atom. The van der Waals surface area contributed by atoms with Crippen LogP contribution in [0.5, 0.6) is 0 Å². The predicted octanol–water partition coefficient (Wildman–Crippen LogP) is 1.63. The molecule has 32 heavy (non-hydrogen) atoms. The smallest absolute Gasteiger partial charge is 0.190 e. The summed E-state index contributed by atoms with van der Waals surface area (Å²) < 4.78 is 4.81. The molecule has 0 aromatic rings. The summed E-state index contributed by atoms with van der Waals surface area (Å²) in [6.45, 7) is 4.74. The minimum Gasteiger partial charge on any atom is -0.393 e. The zero-order chi connectivity index (χ0) is 23.3. The van der Waals surface area contributed by atoms with Gasteiger partial charge >= 0.3 is 0 Å². The summed E-state index contributed by atoms with van der Waals surface area (Å²) in [7, 11) is 0. The molecule has 0 bridgehead atoms. The first-order valence-corrected chi connectivity index (χ1v) is 12.4. The maximum absolute atomic E-state index is 13.4. The number of ketones is 2. The quantitative estimate of drug-likeness (QED) is 0.502. The van der Waals surface area contributed by atoms with Crippen LogP contribution in [0.25, 0.3) is 0 Å². The van der Waals surface area contributed by atoms with Crippen LogP contribution in [0.4, 0.5) is 0 Å². The van der Waals surface area contributed by atoms with Gasteiger partial charge in [0.05, 0.1) is 18.8 Å². The average Bonchev–Trinajstić information content (AvgIpc) is 3.33. The summed E-state index contributed by atoms with van der Waals surface area (Å²) in [6.07, 6.45) is 6.12. The highest BCUT2D eigenvalue weighted by Gasteiger charge is 2.68. The van der Waals surface area contributed by atoms with Crippen molar-refractivity contribution >= 4 is 11.6 Å². The number of carbonyl (C=O) groups is 2. The molecule has 1 unspecified atom stereocenters. The van der Waals surface area contributed by atoms with Crippen molar-refractivity contribution in [2.24, 2.45) is 34.5 Å². The van der Waals surface area contributed by atoms with Crippen LogP contribution in [0.15, 0.2) is 0 Å². The lowest BCUT2D eigenvalue weighted by atomic mass is 9.44. The van der Waals surface area contributed by atoms with E-state index < -0.39 is 23.4 Å². The van der Waals surface area contributed by atoms with Crippen LogP contribution < -0.4 is 0 Å². The highest BCUT2D eigenvalue weighted by molar-refractivity contribution is 5.92. The Balaban J connectivity index is 0.000000354. The number of hydrogen-bond acceptors (Lipinski definition) is 7. The molecule has 1 heterocycles. The number of aliphatic hydroxyl groups is 4. The van der Waals surface area contributed by atoms with Gasteiger partial charge in [-0.1, -0.05) is 13.8 Å². The van der Waals surface area contributed by atoms with Crippen molar-refractivity contribution in [1.82, 2.24) is 0 Å². The van der Waals surface area contributed by atoms with Crippen LogP contribution in [-0.4, -0.2) is 69.6 Å². The van der Waals surface area contributed by atoms with Crippen molar-refractivity contribution < 1.29 is 34.8 Å². The maximum atomic E-state index is 13.4. The number of hydrogen-bond donors (Lipinski definition) is 4. The summed E-state index contributed by atoms with van der Waals surface area (Å²) in [4.78, 5) is 25.7. The fourth-order valence-corrected chi connectivity index (χ4v) is 8.17. The van der Waals surface area contributed by atoms with Gasteiger partial charge in [-0.15, -0.1) is 0 Å². The zero-order valence-electron chi connectivity index (χ0n) is 19.5. The molecule has 1 saturated heterocycles. The van der Waals surface area contributed by atoms with Gasteiger partial charge in [0.2, 0.25) is 0 Å². The molecule has 5 aliphatic rings. The van der Waals surface area contributed by atoms with E-state index in [1.54, 1.807) is 0 Å². The van der Waals surface area contributed by atoms with Crippen LogP contribution in [0, 0.1) is 34.5 Å². The van der Waals surface area contributed by atoms with Crippen molar-refractivity contribution in [3.8, 4) is 0 Å². The zero-order valence-corrected chi connectivity index (χ0v) is 19.5. The third kappa shape index (κ3) is 3.68. The number of Topliss-reactive ketones (excluding diaryl/α,β-unsaturated/α-hetero) is 2.